The van der Waals surface area contributed by atoms with Gasteiger partial charge in [0.05, 0.1) is 11.6 Å². The Hall–Kier alpha value is -1.33. The Bertz CT molecular complexity index is 554. The van der Waals surface area contributed by atoms with Gasteiger partial charge in [-0.3, -0.25) is 4.79 Å². The van der Waals surface area contributed by atoms with Crippen LogP contribution in [-0.4, -0.2) is 5.91 Å². The van der Waals surface area contributed by atoms with Gasteiger partial charge in [0.1, 0.15) is 0 Å². The lowest BCUT2D eigenvalue weighted by Crippen LogP contribution is -2.26. The van der Waals surface area contributed by atoms with E-state index >= 15 is 0 Å². The molecule has 18 heavy (non-hydrogen) atoms. The van der Waals surface area contributed by atoms with Crippen molar-refractivity contribution in [3.05, 3.63) is 50.6 Å². The lowest BCUT2D eigenvalue weighted by Gasteiger charge is -2.13. The van der Waals surface area contributed by atoms with E-state index in [-0.39, 0.29) is 11.9 Å². The second-order valence-corrected chi connectivity index (χ2v) is 5.78. The molecule has 1 amide bonds. The first-order valence-corrected chi connectivity index (χ1v) is 7.14. The van der Waals surface area contributed by atoms with E-state index in [9.17, 15) is 4.79 Å². The summed E-state index contributed by atoms with van der Waals surface area (Å²) in [5.41, 5.74) is 6.82. The monoisotopic (exact) mass is 324 g/mol. The van der Waals surface area contributed by atoms with E-state index < -0.39 is 0 Å². The van der Waals surface area contributed by atoms with Gasteiger partial charge in [0.25, 0.3) is 5.91 Å². The van der Waals surface area contributed by atoms with Gasteiger partial charge in [-0.1, -0.05) is 6.07 Å². The van der Waals surface area contributed by atoms with Crippen LogP contribution in [0.15, 0.2) is 40.2 Å². The molecule has 1 aromatic heterocycles. The van der Waals surface area contributed by atoms with Crippen molar-refractivity contribution in [2.24, 2.45) is 0 Å². The molecule has 0 aliphatic rings. The van der Waals surface area contributed by atoms with E-state index in [0.717, 1.165) is 9.35 Å². The Balaban J connectivity index is 2.15. The van der Waals surface area contributed by atoms with Crippen LogP contribution < -0.4 is 11.1 Å². The maximum Gasteiger partial charge on any atom is 0.253 e. The zero-order valence-corrected chi connectivity index (χ0v) is 12.2. The highest BCUT2D eigenvalue weighted by Gasteiger charge is 2.14. The van der Waals surface area contributed by atoms with Crippen LogP contribution in [0.4, 0.5) is 5.69 Å². The van der Waals surface area contributed by atoms with Crippen LogP contribution >= 0.6 is 27.3 Å². The van der Waals surface area contributed by atoms with E-state index in [1.807, 2.05) is 24.4 Å². The summed E-state index contributed by atoms with van der Waals surface area (Å²) in [6.45, 7) is 1.96. The second-order valence-electron chi connectivity index (χ2n) is 3.95. The Morgan fingerprint density at radius 3 is 2.89 bits per heavy atom. The number of nitrogen functional groups attached to an aromatic ring is 1. The molecule has 0 radical (unpaired) electrons. The van der Waals surface area contributed by atoms with Crippen molar-refractivity contribution in [1.29, 1.82) is 0 Å². The molecule has 2 rings (SSSR count). The third kappa shape index (κ3) is 2.91. The fourth-order valence-corrected chi connectivity index (χ4v) is 2.76. The highest BCUT2D eigenvalue weighted by molar-refractivity contribution is 9.10. The first-order valence-electron chi connectivity index (χ1n) is 5.47. The van der Waals surface area contributed by atoms with E-state index in [1.54, 1.807) is 29.5 Å². The lowest BCUT2D eigenvalue weighted by molar-refractivity contribution is 0.0940. The molecule has 0 spiro atoms. The van der Waals surface area contributed by atoms with E-state index in [2.05, 4.69) is 21.2 Å². The number of benzene rings is 1. The maximum absolute atomic E-state index is 12.1. The van der Waals surface area contributed by atoms with Gasteiger partial charge in [-0.2, -0.15) is 0 Å². The van der Waals surface area contributed by atoms with Gasteiger partial charge in [0.2, 0.25) is 0 Å². The standard InChI is InChI=1S/C13H13BrN2OS/c1-8(12-3-2-6-18-12)16-13(17)10-7-9(15)4-5-11(10)14/h2-8H,15H2,1H3,(H,16,17). The van der Waals surface area contributed by atoms with Crippen LogP contribution in [0.1, 0.15) is 28.2 Å². The molecule has 0 fully saturated rings. The zero-order valence-electron chi connectivity index (χ0n) is 9.81. The van der Waals surface area contributed by atoms with Crippen LogP contribution in [0.2, 0.25) is 0 Å². The smallest absolute Gasteiger partial charge is 0.253 e. The molecule has 0 aliphatic carbocycles. The number of hydrogen-bond acceptors (Lipinski definition) is 3. The molecular formula is C13H13BrN2OS. The average Bonchev–Trinajstić information content (AvgIpc) is 2.85. The normalized spacial score (nSPS) is 12.1. The summed E-state index contributed by atoms with van der Waals surface area (Å²) < 4.78 is 0.743. The summed E-state index contributed by atoms with van der Waals surface area (Å²) in [5, 5.41) is 4.95. The third-order valence-electron chi connectivity index (χ3n) is 2.55. The minimum atomic E-state index is -0.130. The zero-order chi connectivity index (χ0) is 13.1. The summed E-state index contributed by atoms with van der Waals surface area (Å²) >= 11 is 4.98. The summed E-state index contributed by atoms with van der Waals surface area (Å²) in [6, 6.07) is 9.17. The molecule has 1 atom stereocenters. The molecule has 2 aromatic rings. The van der Waals surface area contributed by atoms with Crippen LogP contribution in [0.5, 0.6) is 0 Å². The molecule has 1 aromatic carbocycles. The first-order chi connectivity index (χ1) is 8.58. The van der Waals surface area contributed by atoms with Gasteiger partial charge in [-0.15, -0.1) is 11.3 Å². The number of hydrogen-bond donors (Lipinski definition) is 2. The number of nitrogens with one attached hydrogen (secondary N) is 1. The van der Waals surface area contributed by atoms with Gasteiger partial charge in [0, 0.05) is 15.0 Å². The van der Waals surface area contributed by atoms with Crippen LogP contribution in [-0.2, 0) is 0 Å². The Morgan fingerprint density at radius 2 is 2.22 bits per heavy atom. The number of thiophene rings is 1. The molecule has 3 N–H and O–H groups in total. The van der Waals surface area contributed by atoms with Gasteiger partial charge in [0.15, 0.2) is 0 Å². The fourth-order valence-electron chi connectivity index (χ4n) is 1.60. The Kier molecular flexibility index (Phi) is 4.04. The molecule has 1 unspecified atom stereocenters. The van der Waals surface area contributed by atoms with Crippen molar-refractivity contribution in [2.75, 3.05) is 5.73 Å². The predicted molar refractivity (Wildman–Crippen MR) is 78.8 cm³/mol. The number of anilines is 1. The average molecular weight is 325 g/mol. The number of nitrogens with two attached hydrogens (primary N) is 1. The van der Waals surface area contributed by atoms with Crippen molar-refractivity contribution >= 4 is 38.9 Å². The van der Waals surface area contributed by atoms with Crippen molar-refractivity contribution in [3.8, 4) is 0 Å². The van der Waals surface area contributed by atoms with Gasteiger partial charge < -0.3 is 11.1 Å². The van der Waals surface area contributed by atoms with Crippen LogP contribution in [0.3, 0.4) is 0 Å². The SMILES string of the molecule is CC(NC(=O)c1cc(N)ccc1Br)c1cccs1. The fraction of sp³-hybridized carbons (Fsp3) is 0.154. The number of halogens is 1. The molecule has 0 bridgehead atoms. The van der Waals surface area contributed by atoms with Crippen molar-refractivity contribution < 1.29 is 4.79 Å². The Morgan fingerprint density at radius 1 is 1.44 bits per heavy atom. The van der Waals surface area contributed by atoms with E-state index in [0.29, 0.717) is 11.3 Å². The van der Waals surface area contributed by atoms with E-state index in [1.165, 1.54) is 0 Å². The third-order valence-corrected chi connectivity index (χ3v) is 4.30. The quantitative estimate of drug-likeness (QED) is 0.848. The number of amides is 1. The molecule has 0 saturated heterocycles. The molecular weight excluding hydrogens is 312 g/mol. The topological polar surface area (TPSA) is 55.1 Å². The van der Waals surface area contributed by atoms with Crippen LogP contribution in [0, 0.1) is 0 Å². The summed E-state index contributed by atoms with van der Waals surface area (Å²) in [5.74, 6) is -0.130. The minimum Gasteiger partial charge on any atom is -0.399 e. The number of carbonyl (C=O) groups is 1. The summed E-state index contributed by atoms with van der Waals surface area (Å²) in [4.78, 5) is 13.3. The Labute approximate surface area is 118 Å². The number of carbonyl (C=O) groups excluding carboxylic acids is 1. The highest BCUT2D eigenvalue weighted by Crippen LogP contribution is 2.22. The van der Waals surface area contributed by atoms with Gasteiger partial charge >= 0.3 is 0 Å². The van der Waals surface area contributed by atoms with Crippen molar-refractivity contribution in [1.82, 2.24) is 5.32 Å². The van der Waals surface area contributed by atoms with Gasteiger partial charge in [-0.25, -0.2) is 0 Å². The summed E-state index contributed by atoms with van der Waals surface area (Å²) in [7, 11) is 0. The molecule has 94 valence electrons. The van der Waals surface area contributed by atoms with Crippen molar-refractivity contribution in [2.45, 2.75) is 13.0 Å². The van der Waals surface area contributed by atoms with E-state index in [4.69, 9.17) is 5.73 Å². The lowest BCUT2D eigenvalue weighted by atomic mass is 10.1. The maximum atomic E-state index is 12.1. The molecule has 5 heteroatoms. The second kappa shape index (κ2) is 5.54. The molecule has 0 saturated carbocycles. The highest BCUT2D eigenvalue weighted by atomic mass is 79.9. The molecule has 0 aliphatic heterocycles. The minimum absolute atomic E-state index is 0.00849. The van der Waals surface area contributed by atoms with Gasteiger partial charge in [-0.05, 0) is 52.5 Å². The summed E-state index contributed by atoms with van der Waals surface area (Å²) in [6.07, 6.45) is 0. The first kappa shape index (κ1) is 13.1. The molecule has 3 nitrogen and oxygen atoms in total. The molecule has 1 heterocycles. The largest absolute Gasteiger partial charge is 0.399 e. The number of rotatable bonds is 3. The predicted octanol–water partition coefficient (Wildman–Crippen LogP) is 3.58. The van der Waals surface area contributed by atoms with Crippen molar-refractivity contribution in [3.63, 3.8) is 0 Å². The van der Waals surface area contributed by atoms with Crippen LogP contribution in [0.25, 0.3) is 0 Å².